The third-order valence-corrected chi connectivity index (χ3v) is 4.53. The molecule has 2 rings (SSSR count). The SMILES string of the molecule is CCCNC(c1ccc(OC)cc1F)C1CCCCCC1. The Balaban J connectivity index is 2.21. The van der Waals surface area contributed by atoms with Crippen LogP contribution in [0.15, 0.2) is 18.2 Å². The summed E-state index contributed by atoms with van der Waals surface area (Å²) in [4.78, 5) is 0. The zero-order valence-corrected chi connectivity index (χ0v) is 13.3. The predicted octanol–water partition coefficient (Wildman–Crippen LogP) is 4.85. The van der Waals surface area contributed by atoms with Crippen LogP contribution in [-0.2, 0) is 0 Å². The maximum absolute atomic E-state index is 14.5. The molecule has 1 N–H and O–H groups in total. The van der Waals surface area contributed by atoms with E-state index in [1.165, 1.54) is 44.6 Å². The molecule has 1 atom stereocenters. The quantitative estimate of drug-likeness (QED) is 0.757. The van der Waals surface area contributed by atoms with E-state index in [0.29, 0.717) is 11.7 Å². The smallest absolute Gasteiger partial charge is 0.131 e. The van der Waals surface area contributed by atoms with Crippen molar-refractivity contribution in [2.45, 2.75) is 57.9 Å². The van der Waals surface area contributed by atoms with E-state index >= 15 is 0 Å². The van der Waals surface area contributed by atoms with Crippen LogP contribution in [-0.4, -0.2) is 13.7 Å². The summed E-state index contributed by atoms with van der Waals surface area (Å²) in [7, 11) is 1.58. The van der Waals surface area contributed by atoms with Gasteiger partial charge in [-0.15, -0.1) is 0 Å². The molecule has 2 nitrogen and oxygen atoms in total. The van der Waals surface area contributed by atoms with Gasteiger partial charge in [0.1, 0.15) is 11.6 Å². The van der Waals surface area contributed by atoms with Crippen LogP contribution in [0.4, 0.5) is 4.39 Å². The van der Waals surface area contributed by atoms with E-state index in [2.05, 4.69) is 12.2 Å². The van der Waals surface area contributed by atoms with Gasteiger partial charge in [0.25, 0.3) is 0 Å². The molecule has 0 radical (unpaired) electrons. The number of methoxy groups -OCH3 is 1. The number of rotatable bonds is 6. The van der Waals surface area contributed by atoms with Crippen LogP contribution < -0.4 is 10.1 Å². The fourth-order valence-electron chi connectivity index (χ4n) is 3.36. The van der Waals surface area contributed by atoms with E-state index in [1.807, 2.05) is 12.1 Å². The summed E-state index contributed by atoms with van der Waals surface area (Å²) in [5, 5.41) is 3.58. The first-order valence-corrected chi connectivity index (χ1v) is 8.33. The number of hydrogen-bond acceptors (Lipinski definition) is 2. The molecule has 0 heterocycles. The third-order valence-electron chi connectivity index (χ3n) is 4.53. The molecule has 1 fully saturated rings. The Kier molecular flexibility index (Phi) is 6.50. The molecule has 1 aliphatic rings. The van der Waals surface area contributed by atoms with Crippen molar-refractivity contribution in [1.82, 2.24) is 5.32 Å². The van der Waals surface area contributed by atoms with Gasteiger partial charge in [0.2, 0.25) is 0 Å². The Morgan fingerprint density at radius 2 is 1.95 bits per heavy atom. The van der Waals surface area contributed by atoms with Crippen LogP contribution in [0.25, 0.3) is 0 Å². The van der Waals surface area contributed by atoms with Crippen LogP contribution in [0.2, 0.25) is 0 Å². The second kappa shape index (κ2) is 8.38. The summed E-state index contributed by atoms with van der Waals surface area (Å²) in [5.41, 5.74) is 0.802. The minimum Gasteiger partial charge on any atom is -0.497 e. The zero-order chi connectivity index (χ0) is 15.1. The average Bonchev–Trinajstić information content (AvgIpc) is 2.78. The van der Waals surface area contributed by atoms with E-state index in [-0.39, 0.29) is 11.9 Å². The van der Waals surface area contributed by atoms with Crippen LogP contribution in [0.3, 0.4) is 0 Å². The van der Waals surface area contributed by atoms with Gasteiger partial charge in [-0.2, -0.15) is 0 Å². The van der Waals surface area contributed by atoms with Crippen molar-refractivity contribution in [1.29, 1.82) is 0 Å². The Bertz CT molecular complexity index is 427. The van der Waals surface area contributed by atoms with Gasteiger partial charge in [0.15, 0.2) is 0 Å². The van der Waals surface area contributed by atoms with Crippen molar-refractivity contribution in [3.05, 3.63) is 29.6 Å². The molecule has 0 aromatic heterocycles. The fraction of sp³-hybridized carbons (Fsp3) is 0.667. The fourth-order valence-corrected chi connectivity index (χ4v) is 3.36. The monoisotopic (exact) mass is 293 g/mol. The highest BCUT2D eigenvalue weighted by molar-refractivity contribution is 5.31. The van der Waals surface area contributed by atoms with Crippen molar-refractivity contribution in [2.75, 3.05) is 13.7 Å². The molecule has 118 valence electrons. The lowest BCUT2D eigenvalue weighted by atomic mass is 9.86. The molecule has 3 heteroatoms. The summed E-state index contributed by atoms with van der Waals surface area (Å²) < 4.78 is 19.6. The van der Waals surface area contributed by atoms with E-state index < -0.39 is 0 Å². The number of halogens is 1. The first kappa shape index (κ1) is 16.3. The van der Waals surface area contributed by atoms with Gasteiger partial charge in [0.05, 0.1) is 7.11 Å². The molecule has 1 aliphatic carbocycles. The highest BCUT2D eigenvalue weighted by Gasteiger charge is 2.26. The van der Waals surface area contributed by atoms with Crippen LogP contribution in [0.5, 0.6) is 5.75 Å². The molecule has 0 bridgehead atoms. The van der Waals surface area contributed by atoms with Gasteiger partial charge >= 0.3 is 0 Å². The number of ether oxygens (including phenoxy) is 1. The van der Waals surface area contributed by atoms with E-state index in [4.69, 9.17) is 4.74 Å². The Morgan fingerprint density at radius 3 is 2.52 bits per heavy atom. The lowest BCUT2D eigenvalue weighted by molar-refractivity contribution is 0.317. The Labute approximate surface area is 128 Å². The maximum Gasteiger partial charge on any atom is 0.131 e. The standard InChI is InChI=1S/C18H28FNO/c1-3-12-20-18(14-8-6-4-5-7-9-14)16-11-10-15(21-2)13-17(16)19/h10-11,13-14,18,20H,3-9,12H2,1-2H3. The second-order valence-corrected chi connectivity index (χ2v) is 6.07. The first-order chi connectivity index (χ1) is 10.3. The average molecular weight is 293 g/mol. The molecule has 0 aliphatic heterocycles. The van der Waals surface area contributed by atoms with Crippen LogP contribution >= 0.6 is 0 Å². The number of nitrogens with one attached hydrogen (secondary N) is 1. The van der Waals surface area contributed by atoms with Crippen molar-refractivity contribution >= 4 is 0 Å². The molecule has 0 spiro atoms. The van der Waals surface area contributed by atoms with Crippen molar-refractivity contribution < 1.29 is 9.13 Å². The first-order valence-electron chi connectivity index (χ1n) is 8.33. The van der Waals surface area contributed by atoms with Gasteiger partial charge in [-0.05, 0) is 37.8 Å². The topological polar surface area (TPSA) is 21.3 Å². The lowest BCUT2D eigenvalue weighted by Gasteiger charge is -2.28. The lowest BCUT2D eigenvalue weighted by Crippen LogP contribution is -2.29. The van der Waals surface area contributed by atoms with Crippen LogP contribution in [0, 0.1) is 11.7 Å². The molecular formula is C18H28FNO. The highest BCUT2D eigenvalue weighted by Crippen LogP contribution is 2.35. The third kappa shape index (κ3) is 4.44. The highest BCUT2D eigenvalue weighted by atomic mass is 19.1. The summed E-state index contributed by atoms with van der Waals surface area (Å²) in [5.74, 6) is 0.987. The van der Waals surface area contributed by atoms with Crippen LogP contribution in [0.1, 0.15) is 63.5 Å². The van der Waals surface area contributed by atoms with Crippen molar-refractivity contribution in [3.8, 4) is 5.75 Å². The molecule has 0 amide bonds. The molecule has 21 heavy (non-hydrogen) atoms. The molecule has 1 saturated carbocycles. The summed E-state index contributed by atoms with van der Waals surface area (Å²) in [6.45, 7) is 3.09. The minimum absolute atomic E-state index is 0.133. The zero-order valence-electron chi connectivity index (χ0n) is 13.3. The normalized spacial score (nSPS) is 18.2. The molecule has 0 saturated heterocycles. The van der Waals surface area contributed by atoms with Gasteiger partial charge < -0.3 is 10.1 Å². The summed E-state index contributed by atoms with van der Waals surface area (Å²) in [6, 6.07) is 5.41. The Hall–Kier alpha value is -1.09. The van der Waals surface area contributed by atoms with E-state index in [9.17, 15) is 4.39 Å². The van der Waals surface area contributed by atoms with Gasteiger partial charge in [-0.25, -0.2) is 4.39 Å². The molecule has 1 unspecified atom stereocenters. The summed E-state index contributed by atoms with van der Waals surface area (Å²) in [6.07, 6.45) is 8.66. The van der Waals surface area contributed by atoms with Gasteiger partial charge in [-0.1, -0.05) is 38.7 Å². The largest absolute Gasteiger partial charge is 0.497 e. The minimum atomic E-state index is -0.146. The van der Waals surface area contributed by atoms with E-state index in [0.717, 1.165) is 18.5 Å². The van der Waals surface area contributed by atoms with Gasteiger partial charge in [0, 0.05) is 17.7 Å². The maximum atomic E-state index is 14.5. The summed E-state index contributed by atoms with van der Waals surface area (Å²) >= 11 is 0. The van der Waals surface area contributed by atoms with Crippen molar-refractivity contribution in [2.24, 2.45) is 5.92 Å². The predicted molar refractivity (Wildman–Crippen MR) is 85.2 cm³/mol. The van der Waals surface area contributed by atoms with E-state index in [1.54, 1.807) is 7.11 Å². The molecular weight excluding hydrogens is 265 g/mol. The number of hydrogen-bond donors (Lipinski definition) is 1. The van der Waals surface area contributed by atoms with Crippen molar-refractivity contribution in [3.63, 3.8) is 0 Å². The Morgan fingerprint density at radius 1 is 1.24 bits per heavy atom. The number of benzene rings is 1. The molecule has 1 aromatic carbocycles. The van der Waals surface area contributed by atoms with Gasteiger partial charge in [-0.3, -0.25) is 0 Å². The molecule has 1 aromatic rings. The second-order valence-electron chi connectivity index (χ2n) is 6.07.